The van der Waals surface area contributed by atoms with Crippen LogP contribution in [0.3, 0.4) is 0 Å². The average molecular weight is 222 g/mol. The molecular weight excluding hydrogens is 204 g/mol. The Kier molecular flexibility index (Phi) is 1.85. The Balaban J connectivity index is 2.03. The van der Waals surface area contributed by atoms with Crippen LogP contribution in [0, 0.1) is 22.7 Å². The third kappa shape index (κ3) is 1.14. The van der Waals surface area contributed by atoms with Crippen molar-refractivity contribution in [2.75, 3.05) is 0 Å². The van der Waals surface area contributed by atoms with E-state index in [9.17, 15) is 14.7 Å². The molecule has 0 aliphatic heterocycles. The highest BCUT2D eigenvalue weighted by molar-refractivity contribution is 5.85. The second kappa shape index (κ2) is 2.88. The van der Waals surface area contributed by atoms with Crippen molar-refractivity contribution in [3.05, 3.63) is 0 Å². The molecule has 0 aromatic rings. The highest BCUT2D eigenvalue weighted by Gasteiger charge is 2.62. The lowest BCUT2D eigenvalue weighted by atomic mass is 9.43. The number of ketones is 1. The number of Topliss-reactive ketones (excluding diaryl/α,β-unsaturated/α-hetero) is 1. The monoisotopic (exact) mass is 222 g/mol. The second-order valence-corrected chi connectivity index (χ2v) is 6.38. The van der Waals surface area contributed by atoms with Gasteiger partial charge in [-0.15, -0.1) is 0 Å². The van der Waals surface area contributed by atoms with E-state index in [1.165, 1.54) is 0 Å². The summed E-state index contributed by atoms with van der Waals surface area (Å²) >= 11 is 0. The van der Waals surface area contributed by atoms with Crippen molar-refractivity contribution in [2.24, 2.45) is 22.7 Å². The number of rotatable bonds is 2. The Morgan fingerprint density at radius 3 is 2.00 bits per heavy atom. The van der Waals surface area contributed by atoms with Crippen LogP contribution >= 0.6 is 0 Å². The van der Waals surface area contributed by atoms with E-state index in [1.54, 1.807) is 6.92 Å². The molecular formula is C13H18O3. The minimum Gasteiger partial charge on any atom is -0.481 e. The summed E-state index contributed by atoms with van der Waals surface area (Å²) in [5, 5.41) is 9.46. The zero-order chi connectivity index (χ0) is 11.6. The van der Waals surface area contributed by atoms with Crippen LogP contribution in [0.4, 0.5) is 0 Å². The van der Waals surface area contributed by atoms with E-state index in [2.05, 4.69) is 0 Å². The molecule has 4 bridgehead atoms. The van der Waals surface area contributed by atoms with Gasteiger partial charge >= 0.3 is 5.97 Å². The molecule has 2 unspecified atom stereocenters. The molecule has 0 amide bonds. The van der Waals surface area contributed by atoms with Crippen molar-refractivity contribution < 1.29 is 14.7 Å². The van der Waals surface area contributed by atoms with Gasteiger partial charge in [0.25, 0.3) is 0 Å². The van der Waals surface area contributed by atoms with E-state index in [0.29, 0.717) is 18.3 Å². The number of aliphatic carboxylic acids is 1. The Morgan fingerprint density at radius 2 is 1.56 bits per heavy atom. The smallest absolute Gasteiger partial charge is 0.309 e. The average Bonchev–Trinajstić information content (AvgIpc) is 2.14. The maximum atomic E-state index is 11.9. The van der Waals surface area contributed by atoms with Crippen molar-refractivity contribution in [3.63, 3.8) is 0 Å². The molecule has 0 aromatic heterocycles. The minimum absolute atomic E-state index is 0.229. The predicted molar refractivity (Wildman–Crippen MR) is 57.9 cm³/mol. The van der Waals surface area contributed by atoms with Gasteiger partial charge in [-0.05, 0) is 57.3 Å². The lowest BCUT2D eigenvalue weighted by molar-refractivity contribution is -0.177. The van der Waals surface area contributed by atoms with Gasteiger partial charge in [0.15, 0.2) is 0 Å². The first kappa shape index (κ1) is 10.3. The van der Waals surface area contributed by atoms with E-state index in [4.69, 9.17) is 0 Å². The highest BCUT2D eigenvalue weighted by Crippen LogP contribution is 2.65. The topological polar surface area (TPSA) is 54.4 Å². The van der Waals surface area contributed by atoms with E-state index in [-0.39, 0.29) is 11.2 Å². The largest absolute Gasteiger partial charge is 0.481 e. The Morgan fingerprint density at radius 1 is 1.06 bits per heavy atom. The summed E-state index contributed by atoms with van der Waals surface area (Å²) in [6, 6.07) is 0. The third-order valence-corrected chi connectivity index (χ3v) is 5.26. The fourth-order valence-corrected chi connectivity index (χ4v) is 4.92. The van der Waals surface area contributed by atoms with Crippen molar-refractivity contribution >= 4 is 11.8 Å². The lowest BCUT2D eigenvalue weighted by Gasteiger charge is -2.59. The Labute approximate surface area is 95.2 Å². The first-order valence-corrected chi connectivity index (χ1v) is 6.20. The molecule has 0 spiro atoms. The molecule has 3 nitrogen and oxygen atoms in total. The van der Waals surface area contributed by atoms with Gasteiger partial charge in [0.2, 0.25) is 0 Å². The first-order valence-electron chi connectivity index (χ1n) is 6.20. The van der Waals surface area contributed by atoms with Crippen molar-refractivity contribution in [1.82, 2.24) is 0 Å². The zero-order valence-electron chi connectivity index (χ0n) is 9.66. The number of carboxylic acids is 1. The molecule has 0 saturated heterocycles. The van der Waals surface area contributed by atoms with Gasteiger partial charge < -0.3 is 5.11 Å². The van der Waals surface area contributed by atoms with Gasteiger partial charge in [-0.25, -0.2) is 0 Å². The summed E-state index contributed by atoms with van der Waals surface area (Å²) in [6.45, 7) is 1.66. The Hall–Kier alpha value is -0.860. The van der Waals surface area contributed by atoms with Gasteiger partial charge in [0, 0.05) is 5.41 Å². The van der Waals surface area contributed by atoms with Crippen molar-refractivity contribution in [3.8, 4) is 0 Å². The Bertz CT molecular complexity index is 325. The maximum Gasteiger partial charge on any atom is 0.309 e. The summed E-state index contributed by atoms with van der Waals surface area (Å²) in [5.41, 5.74) is -0.835. The van der Waals surface area contributed by atoms with Crippen LogP contribution in [0.15, 0.2) is 0 Å². The minimum atomic E-state index is -0.660. The van der Waals surface area contributed by atoms with Crippen molar-refractivity contribution in [2.45, 2.75) is 45.4 Å². The van der Waals surface area contributed by atoms with E-state index in [1.807, 2.05) is 0 Å². The van der Waals surface area contributed by atoms with Crippen LogP contribution in [-0.2, 0) is 9.59 Å². The third-order valence-electron chi connectivity index (χ3n) is 5.26. The molecule has 0 radical (unpaired) electrons. The molecule has 0 heterocycles. The normalized spacial score (nSPS) is 49.3. The molecule has 4 rings (SSSR count). The summed E-state index contributed by atoms with van der Waals surface area (Å²) < 4.78 is 0. The van der Waals surface area contributed by atoms with Gasteiger partial charge in [0.1, 0.15) is 5.78 Å². The fraction of sp³-hybridized carbons (Fsp3) is 0.846. The van der Waals surface area contributed by atoms with Crippen LogP contribution in [0.2, 0.25) is 0 Å². The SMILES string of the molecule is CC(=O)C12CC3CC(C1)CC(C(=O)O)(C3)C2. The molecule has 4 saturated carbocycles. The number of carboxylic acid groups (broad SMARTS) is 1. The molecule has 4 fully saturated rings. The first-order chi connectivity index (χ1) is 7.46. The quantitative estimate of drug-likeness (QED) is 0.779. The fourth-order valence-electron chi connectivity index (χ4n) is 4.92. The van der Waals surface area contributed by atoms with E-state index < -0.39 is 11.4 Å². The molecule has 4 aliphatic rings. The molecule has 3 heteroatoms. The molecule has 2 atom stereocenters. The van der Waals surface area contributed by atoms with Crippen LogP contribution in [0.1, 0.15) is 45.4 Å². The van der Waals surface area contributed by atoms with E-state index >= 15 is 0 Å². The summed E-state index contributed by atoms with van der Waals surface area (Å²) in [6.07, 6.45) is 5.30. The predicted octanol–water partition coefficient (Wildman–Crippen LogP) is 2.25. The van der Waals surface area contributed by atoms with Crippen LogP contribution in [0.5, 0.6) is 0 Å². The number of carbonyl (C=O) groups is 2. The maximum absolute atomic E-state index is 11.9. The summed E-state index contributed by atoms with van der Waals surface area (Å²) in [4.78, 5) is 23.4. The van der Waals surface area contributed by atoms with Crippen LogP contribution < -0.4 is 0 Å². The van der Waals surface area contributed by atoms with Crippen molar-refractivity contribution in [1.29, 1.82) is 0 Å². The zero-order valence-corrected chi connectivity index (χ0v) is 9.66. The van der Waals surface area contributed by atoms with Crippen LogP contribution in [-0.4, -0.2) is 16.9 Å². The molecule has 0 aromatic carbocycles. The summed E-state index contributed by atoms with van der Waals surface area (Å²) in [7, 11) is 0. The van der Waals surface area contributed by atoms with Gasteiger partial charge in [-0.3, -0.25) is 9.59 Å². The molecule has 88 valence electrons. The standard InChI is InChI=1S/C13H18O3/c1-8(14)12-3-9-2-10(4-12)6-13(5-9,7-12)11(15)16/h9-10H,2-7H2,1H3,(H,15,16). The highest BCUT2D eigenvalue weighted by atomic mass is 16.4. The van der Waals surface area contributed by atoms with Crippen LogP contribution in [0.25, 0.3) is 0 Å². The van der Waals surface area contributed by atoms with Gasteiger partial charge in [0.05, 0.1) is 5.41 Å². The van der Waals surface area contributed by atoms with Gasteiger partial charge in [-0.1, -0.05) is 0 Å². The lowest BCUT2D eigenvalue weighted by Crippen LogP contribution is -2.57. The molecule has 4 aliphatic carbocycles. The van der Waals surface area contributed by atoms with Gasteiger partial charge in [-0.2, -0.15) is 0 Å². The molecule has 1 N–H and O–H groups in total. The van der Waals surface area contributed by atoms with E-state index in [0.717, 1.165) is 32.1 Å². The number of carbonyl (C=O) groups excluding carboxylic acids is 1. The second-order valence-electron chi connectivity index (χ2n) is 6.38. The molecule has 16 heavy (non-hydrogen) atoms. The summed E-state index contributed by atoms with van der Waals surface area (Å²) in [5.74, 6) is 0.543. The number of hydrogen-bond acceptors (Lipinski definition) is 2. The number of hydrogen-bond donors (Lipinski definition) is 1.